The van der Waals surface area contributed by atoms with Crippen molar-refractivity contribution in [3.63, 3.8) is 0 Å². The van der Waals surface area contributed by atoms with Crippen LogP contribution in [-0.2, 0) is 4.74 Å². The molecule has 0 saturated heterocycles. The van der Waals surface area contributed by atoms with Crippen molar-refractivity contribution in [2.75, 3.05) is 0 Å². The molecule has 0 radical (unpaired) electrons. The molecule has 0 saturated carbocycles. The van der Waals surface area contributed by atoms with Gasteiger partial charge in [-0.15, -0.1) is 0 Å². The molecule has 1 N–H and O–H groups in total. The largest absolute Gasteiger partial charge is 0.469 e. The minimum absolute atomic E-state index is 0.0905. The number of para-hydroxylation sites is 1. The Morgan fingerprint density at radius 3 is 1.82 bits per heavy atom. The van der Waals surface area contributed by atoms with E-state index in [0.717, 1.165) is 51.4 Å². The zero-order chi connectivity index (χ0) is 32.1. The molecule has 3 heterocycles. The average molecular weight is 631 g/mol. The number of allylic oxidation sites excluding steroid dienone is 1. The van der Waals surface area contributed by atoms with Gasteiger partial charge in [-0.1, -0.05) is 109 Å². The average Bonchev–Trinajstić information content (AvgIpc) is 3.85. The maximum absolute atomic E-state index is 6.77. The van der Waals surface area contributed by atoms with Crippen LogP contribution in [0.2, 0.25) is 0 Å². The minimum atomic E-state index is -0.291. The van der Waals surface area contributed by atoms with Crippen LogP contribution in [0.4, 0.5) is 0 Å². The fourth-order valence-corrected chi connectivity index (χ4v) is 8.22. The van der Waals surface area contributed by atoms with Crippen molar-refractivity contribution in [2.45, 2.75) is 18.6 Å². The van der Waals surface area contributed by atoms with Crippen LogP contribution in [0.3, 0.4) is 0 Å². The highest BCUT2D eigenvalue weighted by Gasteiger charge is 2.39. The standard InChI is InChI=1S/C45H30N2O2/c1-2-10-27(11-3-1)35-26-41-43(42-34-16-8-9-17-40(34)48-44(35)42)46-45(49-41)28-18-20-33(21-19-28)47-38-24-31-14-6-4-12-29(31)22-36(38)37-23-30-13-5-7-15-32(30)25-39(37)47/h1-25,35,45-46H,26H2. The van der Waals surface area contributed by atoms with Crippen molar-refractivity contribution in [3.8, 4) is 5.69 Å². The Bertz CT molecular complexity index is 2710. The summed E-state index contributed by atoms with van der Waals surface area (Å²) in [5.41, 5.74) is 8.92. The Labute approximate surface area is 282 Å². The Kier molecular flexibility index (Phi) is 5.53. The van der Waals surface area contributed by atoms with Crippen LogP contribution >= 0.6 is 0 Å². The summed E-state index contributed by atoms with van der Waals surface area (Å²) in [5.74, 6) is 2.08. The zero-order valence-electron chi connectivity index (χ0n) is 26.6. The number of furan rings is 1. The molecule has 0 fully saturated rings. The summed E-state index contributed by atoms with van der Waals surface area (Å²) in [5, 5.41) is 12.4. The molecule has 0 bridgehead atoms. The van der Waals surface area contributed by atoms with E-state index in [1.165, 1.54) is 48.9 Å². The lowest BCUT2D eigenvalue weighted by molar-refractivity contribution is 0.121. The Hall–Kier alpha value is -6.26. The van der Waals surface area contributed by atoms with Crippen LogP contribution in [-0.4, -0.2) is 4.57 Å². The van der Waals surface area contributed by atoms with Crippen LogP contribution in [0.25, 0.3) is 65.7 Å². The highest BCUT2D eigenvalue weighted by Crippen LogP contribution is 2.50. The Balaban J connectivity index is 1.01. The SMILES string of the molecule is c1ccc(C2CC3=C(NC(c4ccc(-n5c6cc7ccccc7cc6c6cc7ccccc7cc65)cc4)O3)c3c2oc2ccccc32)cc1. The third-order valence-corrected chi connectivity index (χ3v) is 10.5. The van der Waals surface area contributed by atoms with Gasteiger partial charge in [0.2, 0.25) is 0 Å². The lowest BCUT2D eigenvalue weighted by atomic mass is 9.84. The van der Waals surface area contributed by atoms with E-state index in [2.05, 4.69) is 155 Å². The molecule has 9 aromatic rings. The van der Waals surface area contributed by atoms with E-state index in [9.17, 15) is 0 Å². The lowest BCUT2D eigenvalue weighted by Gasteiger charge is -2.22. The molecule has 2 atom stereocenters. The minimum Gasteiger partial charge on any atom is -0.469 e. The molecule has 2 aromatic heterocycles. The number of nitrogens with one attached hydrogen (secondary N) is 1. The van der Waals surface area contributed by atoms with Crippen molar-refractivity contribution in [2.24, 2.45) is 0 Å². The summed E-state index contributed by atoms with van der Waals surface area (Å²) in [6.45, 7) is 0. The number of rotatable bonds is 3. The summed E-state index contributed by atoms with van der Waals surface area (Å²) >= 11 is 0. The van der Waals surface area contributed by atoms with E-state index in [4.69, 9.17) is 9.15 Å². The molecule has 232 valence electrons. The number of hydrogen-bond acceptors (Lipinski definition) is 3. The van der Waals surface area contributed by atoms with Crippen molar-refractivity contribution >= 4 is 60.0 Å². The fourth-order valence-electron chi connectivity index (χ4n) is 8.22. The summed E-state index contributed by atoms with van der Waals surface area (Å²) < 4.78 is 15.7. The van der Waals surface area contributed by atoms with Crippen LogP contribution in [0.5, 0.6) is 0 Å². The summed E-state index contributed by atoms with van der Waals surface area (Å²) in [6.07, 6.45) is 0.456. The fraction of sp³-hybridized carbons (Fsp3) is 0.0667. The predicted octanol–water partition coefficient (Wildman–Crippen LogP) is 11.4. The number of benzene rings is 7. The summed E-state index contributed by atoms with van der Waals surface area (Å²) in [6, 6.07) is 54.4. The van der Waals surface area contributed by atoms with Gasteiger partial charge in [0, 0.05) is 39.7 Å². The van der Waals surface area contributed by atoms with Gasteiger partial charge < -0.3 is 19.0 Å². The summed E-state index contributed by atoms with van der Waals surface area (Å²) in [4.78, 5) is 0. The molecule has 0 amide bonds. The molecule has 11 rings (SSSR count). The van der Waals surface area contributed by atoms with E-state index < -0.39 is 0 Å². The quantitative estimate of drug-likeness (QED) is 0.211. The molecule has 7 aromatic carbocycles. The third-order valence-electron chi connectivity index (χ3n) is 10.5. The highest BCUT2D eigenvalue weighted by atomic mass is 16.5. The number of aromatic nitrogens is 1. The van der Waals surface area contributed by atoms with Gasteiger partial charge in [-0.2, -0.15) is 0 Å². The van der Waals surface area contributed by atoms with Crippen molar-refractivity contribution in [1.29, 1.82) is 0 Å². The molecule has 1 aliphatic heterocycles. The topological polar surface area (TPSA) is 39.3 Å². The number of hydrogen-bond donors (Lipinski definition) is 1. The normalized spacial score (nSPS) is 17.1. The van der Waals surface area contributed by atoms with Crippen LogP contribution < -0.4 is 5.32 Å². The van der Waals surface area contributed by atoms with Crippen LogP contribution in [0.15, 0.2) is 162 Å². The maximum Gasteiger partial charge on any atom is 0.196 e. The monoisotopic (exact) mass is 630 g/mol. The molecular formula is C45H30N2O2. The molecule has 2 unspecified atom stereocenters. The van der Waals surface area contributed by atoms with Gasteiger partial charge in [0.15, 0.2) is 6.23 Å². The van der Waals surface area contributed by atoms with E-state index in [1.807, 2.05) is 6.07 Å². The van der Waals surface area contributed by atoms with Crippen molar-refractivity contribution in [3.05, 3.63) is 180 Å². The number of nitrogens with zero attached hydrogens (tertiary/aromatic N) is 1. The van der Waals surface area contributed by atoms with Gasteiger partial charge in [0.05, 0.1) is 22.3 Å². The van der Waals surface area contributed by atoms with E-state index in [0.29, 0.717) is 0 Å². The van der Waals surface area contributed by atoms with Gasteiger partial charge in [0.25, 0.3) is 0 Å². The first-order chi connectivity index (χ1) is 24.3. The molecule has 4 nitrogen and oxygen atoms in total. The van der Waals surface area contributed by atoms with Crippen LogP contribution in [0.1, 0.15) is 41.0 Å². The molecular weight excluding hydrogens is 601 g/mol. The molecule has 1 aliphatic carbocycles. The second-order valence-electron chi connectivity index (χ2n) is 13.3. The highest BCUT2D eigenvalue weighted by molar-refractivity contribution is 6.16. The van der Waals surface area contributed by atoms with Gasteiger partial charge >= 0.3 is 0 Å². The van der Waals surface area contributed by atoms with Gasteiger partial charge in [-0.3, -0.25) is 0 Å². The van der Waals surface area contributed by atoms with Crippen molar-refractivity contribution < 1.29 is 9.15 Å². The molecule has 2 aliphatic rings. The number of ether oxygens (including phenoxy) is 1. The first-order valence-electron chi connectivity index (χ1n) is 17.0. The zero-order valence-corrected chi connectivity index (χ0v) is 26.6. The van der Waals surface area contributed by atoms with Gasteiger partial charge in [0.1, 0.15) is 17.1 Å². The van der Waals surface area contributed by atoms with E-state index >= 15 is 0 Å². The van der Waals surface area contributed by atoms with Gasteiger partial charge in [-0.05, 0) is 69.6 Å². The second-order valence-corrected chi connectivity index (χ2v) is 13.3. The van der Waals surface area contributed by atoms with Crippen LogP contribution in [0, 0.1) is 0 Å². The van der Waals surface area contributed by atoms with E-state index in [-0.39, 0.29) is 12.1 Å². The smallest absolute Gasteiger partial charge is 0.196 e. The first kappa shape index (κ1) is 26.8. The lowest BCUT2D eigenvalue weighted by Crippen LogP contribution is -2.16. The summed E-state index contributed by atoms with van der Waals surface area (Å²) in [7, 11) is 0. The third kappa shape index (κ3) is 3.98. The molecule has 49 heavy (non-hydrogen) atoms. The Morgan fingerprint density at radius 2 is 1.14 bits per heavy atom. The molecule has 4 heteroatoms. The van der Waals surface area contributed by atoms with Crippen molar-refractivity contribution in [1.82, 2.24) is 9.88 Å². The maximum atomic E-state index is 6.77. The Morgan fingerprint density at radius 1 is 0.551 bits per heavy atom. The second kappa shape index (κ2) is 10.1. The van der Waals surface area contributed by atoms with Gasteiger partial charge in [-0.25, -0.2) is 0 Å². The number of fused-ring (bicyclic) bond motifs is 9. The predicted molar refractivity (Wildman–Crippen MR) is 199 cm³/mol. The van der Waals surface area contributed by atoms with E-state index in [1.54, 1.807) is 0 Å². The first-order valence-corrected chi connectivity index (χ1v) is 17.0. The molecule has 0 spiro atoms.